The molecule has 0 unspecified atom stereocenters. The van der Waals surface area contributed by atoms with E-state index in [1.807, 2.05) is 18.2 Å². The van der Waals surface area contributed by atoms with Crippen LogP contribution >= 0.6 is 11.5 Å². The summed E-state index contributed by atoms with van der Waals surface area (Å²) in [6, 6.07) is 10.6. The van der Waals surface area contributed by atoms with Gasteiger partial charge < -0.3 is 15.8 Å². The number of nitrogens with zero attached hydrogens (tertiary/aromatic N) is 1. The van der Waals surface area contributed by atoms with Crippen LogP contribution < -0.4 is 11.1 Å². The Kier molecular flexibility index (Phi) is 3.66. The van der Waals surface area contributed by atoms with E-state index < -0.39 is 0 Å². The highest BCUT2D eigenvalue weighted by atomic mass is 32.1. The van der Waals surface area contributed by atoms with Crippen molar-refractivity contribution >= 4 is 22.4 Å². The van der Waals surface area contributed by atoms with Crippen LogP contribution in [-0.4, -0.2) is 23.6 Å². The molecule has 19 heavy (non-hydrogen) atoms. The van der Waals surface area contributed by atoms with Gasteiger partial charge in [-0.15, -0.1) is 0 Å². The molecule has 1 fully saturated rings. The van der Waals surface area contributed by atoms with Crippen molar-refractivity contribution in [1.29, 1.82) is 0 Å². The van der Waals surface area contributed by atoms with Crippen molar-refractivity contribution in [3.63, 3.8) is 0 Å². The molecule has 4 nitrogen and oxygen atoms in total. The van der Waals surface area contributed by atoms with Gasteiger partial charge in [-0.25, -0.2) is 0 Å². The molecule has 0 bridgehead atoms. The second-order valence-electron chi connectivity index (χ2n) is 4.67. The first-order chi connectivity index (χ1) is 9.34. The molecule has 3 rings (SSSR count). The number of benzene rings is 1. The minimum absolute atomic E-state index is 0.455. The molecule has 1 saturated heterocycles. The van der Waals surface area contributed by atoms with Crippen LogP contribution in [0.2, 0.25) is 0 Å². The number of nitrogens with one attached hydrogen (secondary N) is 1. The highest BCUT2D eigenvalue weighted by Crippen LogP contribution is 2.37. The van der Waals surface area contributed by atoms with Crippen molar-refractivity contribution in [2.24, 2.45) is 0 Å². The molecule has 1 aromatic carbocycles. The molecule has 3 N–H and O–H groups in total. The molecule has 0 spiro atoms. The topological polar surface area (TPSA) is 60.2 Å². The summed E-state index contributed by atoms with van der Waals surface area (Å²) in [5, 5.41) is 4.63. The summed E-state index contributed by atoms with van der Waals surface area (Å²) < 4.78 is 9.66. The second-order valence-corrected chi connectivity index (χ2v) is 5.44. The largest absolute Gasteiger partial charge is 0.382 e. The van der Waals surface area contributed by atoms with E-state index in [1.54, 1.807) is 0 Å². The maximum absolute atomic E-state index is 6.01. The normalized spacial score (nSPS) is 16.4. The Morgan fingerprint density at radius 2 is 1.95 bits per heavy atom. The van der Waals surface area contributed by atoms with Crippen LogP contribution in [0.3, 0.4) is 0 Å². The molecule has 0 amide bonds. The van der Waals surface area contributed by atoms with Gasteiger partial charge in [0.05, 0.1) is 5.56 Å². The van der Waals surface area contributed by atoms with Crippen LogP contribution in [0.1, 0.15) is 12.8 Å². The number of hydrogen-bond donors (Lipinski definition) is 2. The molecule has 100 valence electrons. The Labute approximate surface area is 116 Å². The molecule has 2 aromatic rings. The van der Waals surface area contributed by atoms with E-state index in [9.17, 15) is 0 Å². The molecule has 1 aromatic heterocycles. The van der Waals surface area contributed by atoms with Crippen molar-refractivity contribution in [1.82, 2.24) is 4.37 Å². The first kappa shape index (κ1) is 12.4. The number of rotatable bonds is 3. The Morgan fingerprint density at radius 3 is 2.68 bits per heavy atom. The summed E-state index contributed by atoms with van der Waals surface area (Å²) in [5.41, 5.74) is 8.15. The van der Waals surface area contributed by atoms with E-state index in [1.165, 1.54) is 11.5 Å². The molecule has 1 aliphatic rings. The third-order valence-electron chi connectivity index (χ3n) is 3.34. The standard InChI is InChI=1S/C14H17N3OS/c15-13-12(10-4-2-1-3-5-10)14(19-17-13)16-11-6-8-18-9-7-11/h1-5,11,16H,6-9H2,(H2,15,17). The molecule has 1 aliphatic heterocycles. The number of ether oxygens (including phenoxy) is 1. The van der Waals surface area contributed by atoms with E-state index in [0.717, 1.165) is 42.2 Å². The number of nitrogen functional groups attached to an aromatic ring is 1. The zero-order valence-electron chi connectivity index (χ0n) is 10.6. The summed E-state index contributed by atoms with van der Waals surface area (Å²) in [6.07, 6.45) is 2.07. The molecule has 5 heteroatoms. The van der Waals surface area contributed by atoms with Crippen LogP contribution in [0.5, 0.6) is 0 Å². The van der Waals surface area contributed by atoms with Crippen molar-refractivity contribution in [3.8, 4) is 11.1 Å². The van der Waals surface area contributed by atoms with Crippen molar-refractivity contribution in [2.75, 3.05) is 24.3 Å². The van der Waals surface area contributed by atoms with Crippen molar-refractivity contribution in [3.05, 3.63) is 30.3 Å². The maximum Gasteiger partial charge on any atom is 0.147 e. The molecule has 0 saturated carbocycles. The minimum atomic E-state index is 0.455. The van der Waals surface area contributed by atoms with Crippen LogP contribution in [0.4, 0.5) is 10.8 Å². The van der Waals surface area contributed by atoms with Gasteiger partial charge in [-0.3, -0.25) is 0 Å². The van der Waals surface area contributed by atoms with Gasteiger partial charge in [0.1, 0.15) is 10.8 Å². The molecular weight excluding hydrogens is 258 g/mol. The average Bonchev–Trinajstić information content (AvgIpc) is 2.82. The SMILES string of the molecule is Nc1nsc(NC2CCOCC2)c1-c1ccccc1. The molecule has 0 aliphatic carbocycles. The van der Waals surface area contributed by atoms with Crippen LogP contribution in [0, 0.1) is 0 Å². The molecule has 0 atom stereocenters. The summed E-state index contributed by atoms with van der Waals surface area (Å²) >= 11 is 1.44. The van der Waals surface area contributed by atoms with E-state index in [-0.39, 0.29) is 0 Å². The van der Waals surface area contributed by atoms with Crippen LogP contribution in [0.25, 0.3) is 11.1 Å². The fraction of sp³-hybridized carbons (Fsp3) is 0.357. The van der Waals surface area contributed by atoms with Crippen molar-refractivity contribution < 1.29 is 4.74 Å². The Morgan fingerprint density at radius 1 is 1.21 bits per heavy atom. The van der Waals surface area contributed by atoms with E-state index in [0.29, 0.717) is 11.9 Å². The summed E-state index contributed by atoms with van der Waals surface area (Å²) in [6.45, 7) is 1.65. The lowest BCUT2D eigenvalue weighted by molar-refractivity contribution is 0.0905. The lowest BCUT2D eigenvalue weighted by Crippen LogP contribution is -2.27. The third kappa shape index (κ3) is 2.72. The fourth-order valence-corrected chi connectivity index (χ4v) is 3.13. The predicted octanol–water partition coefficient (Wildman–Crippen LogP) is 2.98. The van der Waals surface area contributed by atoms with E-state index >= 15 is 0 Å². The third-order valence-corrected chi connectivity index (χ3v) is 4.13. The van der Waals surface area contributed by atoms with Gasteiger partial charge in [0.15, 0.2) is 0 Å². The number of aromatic nitrogens is 1. The zero-order chi connectivity index (χ0) is 13.1. The maximum atomic E-state index is 6.01. The number of anilines is 2. The Bertz CT molecular complexity index is 535. The summed E-state index contributed by atoms with van der Waals surface area (Å²) in [7, 11) is 0. The highest BCUT2D eigenvalue weighted by Gasteiger charge is 2.19. The monoisotopic (exact) mass is 275 g/mol. The Hall–Kier alpha value is -1.59. The highest BCUT2D eigenvalue weighted by molar-refractivity contribution is 7.11. The second kappa shape index (κ2) is 5.59. The lowest BCUT2D eigenvalue weighted by atomic mass is 10.1. The quantitative estimate of drug-likeness (QED) is 0.904. The smallest absolute Gasteiger partial charge is 0.147 e. The zero-order valence-corrected chi connectivity index (χ0v) is 11.5. The van der Waals surface area contributed by atoms with Crippen LogP contribution in [-0.2, 0) is 4.74 Å². The van der Waals surface area contributed by atoms with Gasteiger partial charge in [-0.1, -0.05) is 30.3 Å². The fourth-order valence-electron chi connectivity index (χ4n) is 2.31. The van der Waals surface area contributed by atoms with Gasteiger partial charge >= 0.3 is 0 Å². The van der Waals surface area contributed by atoms with E-state index in [2.05, 4.69) is 21.8 Å². The van der Waals surface area contributed by atoms with Crippen molar-refractivity contribution in [2.45, 2.75) is 18.9 Å². The van der Waals surface area contributed by atoms with E-state index in [4.69, 9.17) is 10.5 Å². The van der Waals surface area contributed by atoms with Gasteiger partial charge in [-0.2, -0.15) is 4.37 Å². The molecule has 0 radical (unpaired) electrons. The number of nitrogens with two attached hydrogens (primary N) is 1. The van der Waals surface area contributed by atoms with Gasteiger partial charge in [0, 0.05) is 19.3 Å². The lowest BCUT2D eigenvalue weighted by Gasteiger charge is -2.23. The summed E-state index contributed by atoms with van der Waals surface area (Å²) in [5.74, 6) is 0.603. The van der Waals surface area contributed by atoms with Gasteiger partial charge in [0.25, 0.3) is 0 Å². The van der Waals surface area contributed by atoms with Crippen LogP contribution in [0.15, 0.2) is 30.3 Å². The first-order valence-electron chi connectivity index (χ1n) is 6.49. The Balaban J connectivity index is 1.86. The van der Waals surface area contributed by atoms with Gasteiger partial charge in [0.2, 0.25) is 0 Å². The minimum Gasteiger partial charge on any atom is -0.382 e. The predicted molar refractivity (Wildman–Crippen MR) is 79.4 cm³/mol. The molecule has 2 heterocycles. The summed E-state index contributed by atoms with van der Waals surface area (Å²) in [4.78, 5) is 0. The molecular formula is C14H17N3OS. The average molecular weight is 275 g/mol. The number of hydrogen-bond acceptors (Lipinski definition) is 5. The first-order valence-corrected chi connectivity index (χ1v) is 7.27. The van der Waals surface area contributed by atoms with Gasteiger partial charge in [-0.05, 0) is 29.9 Å².